The molecule has 21 heavy (non-hydrogen) atoms. The van der Waals surface area contributed by atoms with Crippen molar-refractivity contribution >= 4 is 23.4 Å². The highest BCUT2D eigenvalue weighted by molar-refractivity contribution is 6.30. The Labute approximate surface area is 128 Å². The van der Waals surface area contributed by atoms with Crippen molar-refractivity contribution < 1.29 is 9.59 Å². The van der Waals surface area contributed by atoms with Crippen LogP contribution in [0.1, 0.15) is 0 Å². The fraction of sp³-hybridized carbons (Fsp3) is 0.615. The Hall–Kier alpha value is -1.60. The molecule has 2 amide bonds. The molecule has 0 aromatic carbocycles. The van der Waals surface area contributed by atoms with Gasteiger partial charge in [0.25, 0.3) is 0 Å². The summed E-state index contributed by atoms with van der Waals surface area (Å²) in [5.41, 5.74) is 0. The highest BCUT2D eigenvalue weighted by Crippen LogP contribution is 2.17. The van der Waals surface area contributed by atoms with Crippen LogP contribution in [0.4, 0.5) is 0 Å². The van der Waals surface area contributed by atoms with Gasteiger partial charge >= 0.3 is 0 Å². The zero-order chi connectivity index (χ0) is 15.0. The van der Waals surface area contributed by atoms with Crippen LogP contribution in [0.5, 0.6) is 0 Å². The average molecular weight is 312 g/mol. The van der Waals surface area contributed by atoms with Gasteiger partial charge in [0.05, 0.1) is 24.3 Å². The van der Waals surface area contributed by atoms with Gasteiger partial charge < -0.3 is 9.80 Å². The van der Waals surface area contributed by atoms with Gasteiger partial charge in [-0.05, 0) is 0 Å². The van der Waals surface area contributed by atoms with Crippen LogP contribution in [0, 0.1) is 0 Å². The zero-order valence-corrected chi connectivity index (χ0v) is 12.7. The summed E-state index contributed by atoms with van der Waals surface area (Å²) in [5, 5.41) is 4.76. The van der Waals surface area contributed by atoms with E-state index in [2.05, 4.69) is 10.00 Å². The third-order valence-corrected chi connectivity index (χ3v) is 4.26. The van der Waals surface area contributed by atoms with Gasteiger partial charge in [0.2, 0.25) is 11.8 Å². The van der Waals surface area contributed by atoms with Crippen LogP contribution in [-0.4, -0.2) is 82.1 Å². The monoisotopic (exact) mass is 311 g/mol. The lowest BCUT2D eigenvalue weighted by molar-refractivity contribution is -0.158. The van der Waals surface area contributed by atoms with Crippen LogP contribution >= 0.6 is 11.6 Å². The van der Waals surface area contributed by atoms with Crippen molar-refractivity contribution in [2.45, 2.75) is 12.6 Å². The van der Waals surface area contributed by atoms with Crippen molar-refractivity contribution in [2.24, 2.45) is 0 Å². The molecule has 1 aromatic rings. The molecule has 114 valence electrons. The predicted octanol–water partition coefficient (Wildman–Crippen LogP) is -0.479. The van der Waals surface area contributed by atoms with Crippen molar-refractivity contribution in [3.8, 4) is 0 Å². The quantitative estimate of drug-likeness (QED) is 0.756. The highest BCUT2D eigenvalue weighted by atomic mass is 35.5. The maximum Gasteiger partial charge on any atom is 0.246 e. The molecule has 0 radical (unpaired) electrons. The number of hydrogen-bond acceptors (Lipinski definition) is 4. The summed E-state index contributed by atoms with van der Waals surface area (Å²) in [4.78, 5) is 29.6. The van der Waals surface area contributed by atoms with E-state index in [0.29, 0.717) is 18.1 Å². The van der Waals surface area contributed by atoms with Crippen molar-refractivity contribution in [2.75, 3.05) is 39.8 Å². The molecule has 0 spiro atoms. The SMILES string of the molecule is CN1CC(=O)N2CCN(CCn3cc(Cl)cn3)C[C@H]2C1=O. The number of nitrogens with zero attached hydrogens (tertiary/aromatic N) is 5. The van der Waals surface area contributed by atoms with E-state index in [1.165, 1.54) is 4.90 Å². The van der Waals surface area contributed by atoms with Crippen molar-refractivity contribution in [3.63, 3.8) is 0 Å². The number of fused-ring (bicyclic) bond motifs is 1. The summed E-state index contributed by atoms with van der Waals surface area (Å²) >= 11 is 5.83. The predicted molar refractivity (Wildman–Crippen MR) is 76.8 cm³/mol. The number of carbonyl (C=O) groups is 2. The minimum absolute atomic E-state index is 0.0291. The third kappa shape index (κ3) is 2.89. The van der Waals surface area contributed by atoms with Gasteiger partial charge in [-0.15, -0.1) is 0 Å². The van der Waals surface area contributed by atoms with E-state index in [1.807, 2.05) is 0 Å². The summed E-state index contributed by atoms with van der Waals surface area (Å²) in [6.45, 7) is 3.69. The molecule has 2 fully saturated rings. The summed E-state index contributed by atoms with van der Waals surface area (Å²) < 4.78 is 1.79. The molecule has 2 aliphatic heterocycles. The molecule has 2 saturated heterocycles. The summed E-state index contributed by atoms with van der Waals surface area (Å²) in [6, 6.07) is -0.341. The first-order valence-corrected chi connectivity index (χ1v) is 7.37. The maximum atomic E-state index is 12.2. The minimum Gasteiger partial charge on any atom is -0.335 e. The van der Waals surface area contributed by atoms with Gasteiger partial charge in [-0.1, -0.05) is 11.6 Å². The van der Waals surface area contributed by atoms with Crippen LogP contribution in [0.15, 0.2) is 12.4 Å². The number of carbonyl (C=O) groups excluding carboxylic acids is 2. The minimum atomic E-state index is -0.341. The molecule has 0 N–H and O–H groups in total. The highest BCUT2D eigenvalue weighted by Gasteiger charge is 2.40. The van der Waals surface area contributed by atoms with Crippen LogP contribution in [0.2, 0.25) is 5.02 Å². The number of rotatable bonds is 3. The van der Waals surface area contributed by atoms with Crippen LogP contribution in [-0.2, 0) is 16.1 Å². The molecule has 3 heterocycles. The fourth-order valence-corrected chi connectivity index (χ4v) is 3.04. The van der Waals surface area contributed by atoms with E-state index in [0.717, 1.165) is 19.6 Å². The van der Waals surface area contributed by atoms with Gasteiger partial charge in [0, 0.05) is 39.4 Å². The largest absolute Gasteiger partial charge is 0.335 e. The summed E-state index contributed by atoms with van der Waals surface area (Å²) in [6.07, 6.45) is 3.39. The molecule has 8 heteroatoms. The Bertz CT molecular complexity index is 561. The van der Waals surface area contributed by atoms with E-state index in [4.69, 9.17) is 11.6 Å². The lowest BCUT2D eigenvalue weighted by Gasteiger charge is -2.45. The lowest BCUT2D eigenvalue weighted by atomic mass is 10.1. The zero-order valence-electron chi connectivity index (χ0n) is 11.9. The molecular weight excluding hydrogens is 294 g/mol. The third-order valence-electron chi connectivity index (χ3n) is 4.07. The average Bonchev–Trinajstić information content (AvgIpc) is 2.88. The Morgan fingerprint density at radius 3 is 2.86 bits per heavy atom. The summed E-state index contributed by atoms with van der Waals surface area (Å²) in [5.74, 6) is 0.0713. The molecule has 0 aliphatic carbocycles. The van der Waals surface area contributed by atoms with Gasteiger partial charge in [-0.25, -0.2) is 0 Å². The molecular formula is C13H18ClN5O2. The first-order chi connectivity index (χ1) is 10.0. The number of amides is 2. The Balaban J connectivity index is 1.60. The normalized spacial score (nSPS) is 23.6. The smallest absolute Gasteiger partial charge is 0.246 e. The second kappa shape index (κ2) is 5.65. The van der Waals surface area contributed by atoms with Gasteiger partial charge in [0.1, 0.15) is 6.04 Å². The van der Waals surface area contributed by atoms with Crippen LogP contribution in [0.3, 0.4) is 0 Å². The first kappa shape index (κ1) is 14.3. The van der Waals surface area contributed by atoms with E-state index in [-0.39, 0.29) is 24.4 Å². The second-order valence-corrected chi connectivity index (χ2v) is 5.96. The van der Waals surface area contributed by atoms with E-state index in [1.54, 1.807) is 29.0 Å². The molecule has 1 atom stereocenters. The Kier molecular flexibility index (Phi) is 3.86. The Morgan fingerprint density at radius 2 is 2.14 bits per heavy atom. The fourth-order valence-electron chi connectivity index (χ4n) is 2.88. The van der Waals surface area contributed by atoms with Gasteiger partial charge in [-0.3, -0.25) is 19.2 Å². The Morgan fingerprint density at radius 1 is 1.33 bits per heavy atom. The lowest BCUT2D eigenvalue weighted by Crippen LogP contribution is -2.66. The van der Waals surface area contributed by atoms with Gasteiger partial charge in [0.15, 0.2) is 0 Å². The first-order valence-electron chi connectivity index (χ1n) is 6.99. The van der Waals surface area contributed by atoms with Crippen molar-refractivity contribution in [1.82, 2.24) is 24.5 Å². The molecule has 7 nitrogen and oxygen atoms in total. The molecule has 0 unspecified atom stereocenters. The van der Waals surface area contributed by atoms with E-state index in [9.17, 15) is 9.59 Å². The standard InChI is InChI=1S/C13H18ClN5O2/c1-16-9-12(20)19-5-3-17(8-11(19)13(16)21)2-4-18-7-10(14)6-15-18/h6-7,11H,2-5,8-9H2,1H3/t11-/m0/s1. The van der Waals surface area contributed by atoms with Crippen molar-refractivity contribution in [3.05, 3.63) is 17.4 Å². The number of halogens is 1. The number of likely N-dealkylation sites (N-methyl/N-ethyl adjacent to an activating group) is 1. The number of aromatic nitrogens is 2. The van der Waals surface area contributed by atoms with Crippen LogP contribution in [0.25, 0.3) is 0 Å². The maximum absolute atomic E-state index is 12.2. The second-order valence-electron chi connectivity index (χ2n) is 5.52. The molecule has 0 bridgehead atoms. The van der Waals surface area contributed by atoms with Gasteiger partial charge in [-0.2, -0.15) is 5.10 Å². The number of hydrogen-bond donors (Lipinski definition) is 0. The molecule has 2 aliphatic rings. The molecule has 0 saturated carbocycles. The molecule has 3 rings (SSSR count). The van der Waals surface area contributed by atoms with Crippen molar-refractivity contribution in [1.29, 1.82) is 0 Å². The van der Waals surface area contributed by atoms with E-state index >= 15 is 0 Å². The topological polar surface area (TPSA) is 61.7 Å². The van der Waals surface area contributed by atoms with Crippen LogP contribution < -0.4 is 0 Å². The summed E-state index contributed by atoms with van der Waals surface area (Å²) in [7, 11) is 1.68. The van der Waals surface area contributed by atoms with E-state index < -0.39 is 0 Å². The number of piperazine rings is 2. The molecule has 1 aromatic heterocycles.